The van der Waals surface area contributed by atoms with E-state index in [-0.39, 0.29) is 5.91 Å². The van der Waals surface area contributed by atoms with Crippen LogP contribution in [0, 0.1) is 18.8 Å². The van der Waals surface area contributed by atoms with E-state index in [1.54, 1.807) is 18.2 Å². The molecule has 5 nitrogen and oxygen atoms in total. The second-order valence-electron chi connectivity index (χ2n) is 5.29. The van der Waals surface area contributed by atoms with Crippen LogP contribution in [0.1, 0.15) is 5.56 Å². The second-order valence-corrected chi connectivity index (χ2v) is 6.15. The van der Waals surface area contributed by atoms with Crippen LogP contribution in [0.4, 0.5) is 5.69 Å². The monoisotopic (exact) mass is 350 g/mol. The third kappa shape index (κ3) is 2.49. The van der Waals surface area contributed by atoms with Gasteiger partial charge in [-0.25, -0.2) is 0 Å². The number of anilines is 1. The number of carboxylic acids is 1. The molecule has 0 aliphatic carbocycles. The Bertz CT molecular complexity index is 643. The van der Waals surface area contributed by atoms with E-state index in [1.807, 2.05) is 19.1 Å². The Morgan fingerprint density at radius 2 is 1.90 bits per heavy atom. The first-order chi connectivity index (χ1) is 9.97. The van der Waals surface area contributed by atoms with Crippen molar-refractivity contribution in [1.82, 2.24) is 0 Å². The number of nitrogens with one attached hydrogen (secondary N) is 1. The summed E-state index contributed by atoms with van der Waals surface area (Å²) in [7, 11) is 0. The van der Waals surface area contributed by atoms with Crippen molar-refractivity contribution in [2.45, 2.75) is 19.1 Å². The molecule has 3 rings (SSSR count). The molecule has 0 unspecified atom stereocenters. The molecule has 2 bridgehead atoms. The van der Waals surface area contributed by atoms with Gasteiger partial charge in [0.05, 0.1) is 23.8 Å². The molecule has 1 fully saturated rings. The van der Waals surface area contributed by atoms with Crippen LogP contribution in [-0.2, 0) is 14.3 Å². The molecule has 0 aromatic heterocycles. The first-order valence-electron chi connectivity index (χ1n) is 6.59. The van der Waals surface area contributed by atoms with Gasteiger partial charge in [-0.15, -0.1) is 0 Å². The quantitative estimate of drug-likeness (QED) is 0.825. The summed E-state index contributed by atoms with van der Waals surface area (Å²) in [6.45, 7) is 1.94. The largest absolute Gasteiger partial charge is 0.550 e. The van der Waals surface area contributed by atoms with Crippen molar-refractivity contribution < 1.29 is 19.4 Å². The highest BCUT2D eigenvalue weighted by atomic mass is 79.9. The predicted octanol–water partition coefficient (Wildman–Crippen LogP) is 1.02. The molecular formula is C15H13BrNO4-. The maximum absolute atomic E-state index is 12.4. The van der Waals surface area contributed by atoms with Crippen LogP contribution in [0.15, 0.2) is 34.8 Å². The number of aryl methyl sites for hydroxylation is 1. The van der Waals surface area contributed by atoms with Gasteiger partial charge in [0.15, 0.2) is 0 Å². The molecule has 4 atom stereocenters. The highest BCUT2D eigenvalue weighted by molar-refractivity contribution is 9.10. The zero-order chi connectivity index (χ0) is 15.1. The standard InChI is InChI=1S/C15H14BrNO4/c1-7-2-3-9(8(16)6-7)17-14(18)12-10-4-5-11(21-10)13(12)15(19)20/h2-6,10-13H,1H3,(H,17,18)(H,19,20)/p-1/t10-,11+,12-,13+/m1/s1. The van der Waals surface area contributed by atoms with Gasteiger partial charge in [0, 0.05) is 16.4 Å². The van der Waals surface area contributed by atoms with E-state index in [2.05, 4.69) is 21.2 Å². The van der Waals surface area contributed by atoms with Gasteiger partial charge in [-0.2, -0.15) is 0 Å². The fourth-order valence-corrected chi connectivity index (χ4v) is 3.43. The Morgan fingerprint density at radius 1 is 1.24 bits per heavy atom. The topological polar surface area (TPSA) is 78.5 Å². The van der Waals surface area contributed by atoms with E-state index < -0.39 is 30.0 Å². The SMILES string of the molecule is Cc1ccc(NC(=O)[C@H]2[C@@H](C(=O)[O-])[C@@H]3C=C[C@H]2O3)c(Br)c1. The molecule has 0 saturated carbocycles. The molecule has 0 radical (unpaired) electrons. The predicted molar refractivity (Wildman–Crippen MR) is 77.3 cm³/mol. The van der Waals surface area contributed by atoms with Gasteiger partial charge in [0.25, 0.3) is 0 Å². The molecule has 1 N–H and O–H groups in total. The molecule has 1 aromatic carbocycles. The van der Waals surface area contributed by atoms with Crippen LogP contribution in [-0.4, -0.2) is 24.1 Å². The van der Waals surface area contributed by atoms with E-state index >= 15 is 0 Å². The lowest BCUT2D eigenvalue weighted by atomic mass is 9.82. The van der Waals surface area contributed by atoms with Crippen LogP contribution in [0.2, 0.25) is 0 Å². The van der Waals surface area contributed by atoms with Gasteiger partial charge in [0.1, 0.15) is 0 Å². The third-order valence-electron chi connectivity index (χ3n) is 3.86. The van der Waals surface area contributed by atoms with E-state index in [1.165, 1.54) is 0 Å². The molecule has 0 spiro atoms. The lowest BCUT2D eigenvalue weighted by Crippen LogP contribution is -2.45. The number of aliphatic carboxylic acids is 1. The Kier molecular flexibility index (Phi) is 3.59. The molecule has 2 aliphatic heterocycles. The number of hydrogen-bond acceptors (Lipinski definition) is 4. The van der Waals surface area contributed by atoms with Crippen molar-refractivity contribution in [3.8, 4) is 0 Å². The Labute approximate surface area is 130 Å². The number of halogens is 1. The van der Waals surface area contributed by atoms with Crippen molar-refractivity contribution in [3.05, 3.63) is 40.4 Å². The summed E-state index contributed by atoms with van der Waals surface area (Å²) in [6, 6.07) is 5.52. The molecule has 1 saturated heterocycles. The zero-order valence-electron chi connectivity index (χ0n) is 11.2. The minimum atomic E-state index is -1.25. The summed E-state index contributed by atoms with van der Waals surface area (Å²) in [6.07, 6.45) is 2.34. The fourth-order valence-electron chi connectivity index (χ4n) is 2.84. The Hall–Kier alpha value is -1.66. The zero-order valence-corrected chi connectivity index (χ0v) is 12.8. The molecule has 110 valence electrons. The molecule has 1 amide bonds. The van der Waals surface area contributed by atoms with E-state index in [0.29, 0.717) is 5.69 Å². The summed E-state index contributed by atoms with van der Waals surface area (Å²) in [5.74, 6) is -3.33. The summed E-state index contributed by atoms with van der Waals surface area (Å²) in [5, 5.41) is 14.0. The Balaban J connectivity index is 1.82. The van der Waals surface area contributed by atoms with Gasteiger partial charge in [-0.3, -0.25) is 4.79 Å². The average Bonchev–Trinajstić information content (AvgIpc) is 3.02. The number of fused-ring (bicyclic) bond motifs is 2. The lowest BCUT2D eigenvalue weighted by molar-refractivity contribution is -0.313. The number of rotatable bonds is 3. The highest BCUT2D eigenvalue weighted by Crippen LogP contribution is 2.39. The molecule has 6 heteroatoms. The van der Waals surface area contributed by atoms with E-state index in [4.69, 9.17) is 4.74 Å². The molecule has 2 heterocycles. The van der Waals surface area contributed by atoms with E-state index in [0.717, 1.165) is 10.0 Å². The maximum Gasteiger partial charge on any atom is 0.231 e. The van der Waals surface area contributed by atoms with Gasteiger partial charge < -0.3 is 20.0 Å². The third-order valence-corrected chi connectivity index (χ3v) is 4.51. The highest BCUT2D eigenvalue weighted by Gasteiger charge is 2.50. The van der Waals surface area contributed by atoms with Crippen molar-refractivity contribution in [2.75, 3.05) is 5.32 Å². The summed E-state index contributed by atoms with van der Waals surface area (Å²) >= 11 is 3.38. The maximum atomic E-state index is 12.4. The van der Waals surface area contributed by atoms with Crippen molar-refractivity contribution >= 4 is 33.5 Å². The second kappa shape index (κ2) is 5.27. The first-order valence-corrected chi connectivity index (χ1v) is 7.38. The van der Waals surface area contributed by atoms with Gasteiger partial charge in [-0.1, -0.05) is 18.2 Å². The Morgan fingerprint density at radius 3 is 2.52 bits per heavy atom. The van der Waals surface area contributed by atoms with Crippen molar-refractivity contribution in [2.24, 2.45) is 11.8 Å². The minimum Gasteiger partial charge on any atom is -0.550 e. The van der Waals surface area contributed by atoms with Crippen molar-refractivity contribution in [3.63, 3.8) is 0 Å². The number of carbonyl (C=O) groups excluding carboxylic acids is 2. The molecule has 2 aliphatic rings. The van der Waals surface area contributed by atoms with Gasteiger partial charge in [0.2, 0.25) is 5.91 Å². The first kappa shape index (κ1) is 14.3. The number of benzene rings is 1. The number of ether oxygens (including phenoxy) is 1. The van der Waals surface area contributed by atoms with Gasteiger partial charge in [-0.05, 0) is 40.5 Å². The molecule has 21 heavy (non-hydrogen) atoms. The summed E-state index contributed by atoms with van der Waals surface area (Å²) in [4.78, 5) is 23.7. The van der Waals surface area contributed by atoms with E-state index in [9.17, 15) is 14.7 Å². The smallest absolute Gasteiger partial charge is 0.231 e. The van der Waals surface area contributed by atoms with Crippen LogP contribution in [0.25, 0.3) is 0 Å². The van der Waals surface area contributed by atoms with Crippen LogP contribution >= 0.6 is 15.9 Å². The summed E-state index contributed by atoms with van der Waals surface area (Å²) < 4.78 is 6.21. The normalized spacial score (nSPS) is 29.6. The average molecular weight is 351 g/mol. The van der Waals surface area contributed by atoms with Crippen LogP contribution in [0.5, 0.6) is 0 Å². The van der Waals surface area contributed by atoms with Crippen molar-refractivity contribution in [1.29, 1.82) is 0 Å². The minimum absolute atomic E-state index is 0.370. The molecule has 1 aromatic rings. The number of carboxylic acid groups (broad SMARTS) is 1. The van der Waals surface area contributed by atoms with Gasteiger partial charge >= 0.3 is 0 Å². The molecular weight excluding hydrogens is 338 g/mol. The lowest BCUT2D eigenvalue weighted by Gasteiger charge is -2.25. The summed E-state index contributed by atoms with van der Waals surface area (Å²) in [5.41, 5.74) is 1.66. The number of amides is 1. The fraction of sp³-hybridized carbons (Fsp3) is 0.333. The number of hydrogen-bond donors (Lipinski definition) is 1. The van der Waals surface area contributed by atoms with Crippen LogP contribution in [0.3, 0.4) is 0 Å². The van der Waals surface area contributed by atoms with Crippen LogP contribution < -0.4 is 10.4 Å². The number of carbonyl (C=O) groups is 2.